The molecule has 2 saturated heterocycles. The summed E-state index contributed by atoms with van der Waals surface area (Å²) >= 11 is 0. The third kappa shape index (κ3) is 3.83. The molecule has 5 atom stereocenters. The minimum atomic E-state index is -1.37. The number of imide groups is 1. The quantitative estimate of drug-likeness (QED) is 0.513. The maximum absolute atomic E-state index is 13.7. The van der Waals surface area contributed by atoms with Crippen LogP contribution in [0.3, 0.4) is 0 Å². The third-order valence-corrected chi connectivity index (χ3v) is 7.22. The number of ether oxygens (including phenoxy) is 1. The molecule has 0 unspecified atom stereocenters. The van der Waals surface area contributed by atoms with E-state index in [1.807, 2.05) is 0 Å². The molecule has 188 valence electrons. The number of likely N-dealkylation sites (tertiary alicyclic amines) is 1. The summed E-state index contributed by atoms with van der Waals surface area (Å²) in [6.45, 7) is 5.64. The van der Waals surface area contributed by atoms with Crippen LogP contribution in [0.4, 0.5) is 10.5 Å². The lowest BCUT2D eigenvalue weighted by Gasteiger charge is -2.39. The molecule has 5 aliphatic rings. The van der Waals surface area contributed by atoms with Gasteiger partial charge >= 0.3 is 6.09 Å². The van der Waals surface area contributed by atoms with Crippen molar-refractivity contribution in [2.75, 3.05) is 11.4 Å². The van der Waals surface area contributed by atoms with Crippen LogP contribution in [0.5, 0.6) is 0 Å². The van der Waals surface area contributed by atoms with E-state index in [-0.39, 0.29) is 5.78 Å². The zero-order valence-corrected chi connectivity index (χ0v) is 20.5. The minimum Gasteiger partial charge on any atom is -0.444 e. The van der Waals surface area contributed by atoms with E-state index in [0.29, 0.717) is 25.1 Å². The van der Waals surface area contributed by atoms with E-state index in [1.54, 1.807) is 63.3 Å². The zero-order valence-electron chi connectivity index (χ0n) is 20.5. The molecule has 0 saturated carbocycles. The SMILES string of the molecule is CC(C)(C)OC(=O)N1CCC[C@H]1C(=O)N[C@@]12C=CC(=O)[C@@H](C=C1)[C@H]1C(=O)N(c3ccccc3)C(=O)[C@H]12. The van der Waals surface area contributed by atoms with Gasteiger partial charge in [0.25, 0.3) is 0 Å². The van der Waals surface area contributed by atoms with Gasteiger partial charge in [-0.15, -0.1) is 0 Å². The lowest BCUT2D eigenvalue weighted by atomic mass is 9.68. The van der Waals surface area contributed by atoms with Crippen molar-refractivity contribution in [3.63, 3.8) is 0 Å². The maximum atomic E-state index is 13.7. The summed E-state index contributed by atoms with van der Waals surface area (Å²) < 4.78 is 5.48. The van der Waals surface area contributed by atoms with E-state index >= 15 is 0 Å². The van der Waals surface area contributed by atoms with Gasteiger partial charge in [0.05, 0.1) is 29.0 Å². The van der Waals surface area contributed by atoms with Crippen LogP contribution in [0.2, 0.25) is 0 Å². The van der Waals surface area contributed by atoms with E-state index in [4.69, 9.17) is 4.74 Å². The number of fused-ring (bicyclic) bond motifs is 1. The van der Waals surface area contributed by atoms with E-state index < -0.39 is 58.8 Å². The molecule has 9 nitrogen and oxygen atoms in total. The summed E-state index contributed by atoms with van der Waals surface area (Å²) in [6.07, 6.45) is 6.60. The zero-order chi connectivity index (χ0) is 25.8. The van der Waals surface area contributed by atoms with Crippen molar-refractivity contribution in [3.8, 4) is 0 Å². The first-order valence-corrected chi connectivity index (χ1v) is 12.2. The van der Waals surface area contributed by atoms with Crippen molar-refractivity contribution in [2.45, 2.75) is 50.8 Å². The van der Waals surface area contributed by atoms with Gasteiger partial charge in [0.2, 0.25) is 17.7 Å². The highest BCUT2D eigenvalue weighted by Gasteiger charge is 2.63. The van der Waals surface area contributed by atoms with E-state index in [2.05, 4.69) is 5.32 Å². The average molecular weight is 492 g/mol. The number of rotatable bonds is 3. The van der Waals surface area contributed by atoms with Gasteiger partial charge in [0.15, 0.2) is 5.78 Å². The van der Waals surface area contributed by atoms with Crippen molar-refractivity contribution >= 4 is 35.3 Å². The van der Waals surface area contributed by atoms with Crippen LogP contribution < -0.4 is 10.2 Å². The first-order valence-electron chi connectivity index (χ1n) is 12.2. The highest BCUT2D eigenvalue weighted by Crippen LogP contribution is 2.48. The van der Waals surface area contributed by atoms with E-state index in [0.717, 1.165) is 4.90 Å². The molecule has 2 bridgehead atoms. The lowest BCUT2D eigenvalue weighted by molar-refractivity contribution is -0.131. The van der Waals surface area contributed by atoms with Crippen LogP contribution in [-0.2, 0) is 23.9 Å². The number of allylic oxidation sites excluding steroid dienone is 2. The predicted octanol–water partition coefficient (Wildman–Crippen LogP) is 2.37. The van der Waals surface area contributed by atoms with Crippen LogP contribution in [0.1, 0.15) is 33.6 Å². The number of hydrogen-bond acceptors (Lipinski definition) is 6. The third-order valence-electron chi connectivity index (χ3n) is 7.22. The molecule has 2 heterocycles. The molecule has 0 aromatic heterocycles. The van der Waals surface area contributed by atoms with Crippen LogP contribution in [0, 0.1) is 17.8 Å². The fourth-order valence-electron chi connectivity index (χ4n) is 5.67. The normalized spacial score (nSPS) is 31.0. The number of nitrogens with zero attached hydrogens (tertiary/aromatic N) is 2. The minimum absolute atomic E-state index is 0.290. The second kappa shape index (κ2) is 8.43. The van der Waals surface area contributed by atoms with E-state index in [1.165, 1.54) is 17.1 Å². The number of amides is 4. The number of carbonyl (C=O) groups excluding carboxylic acids is 5. The first kappa shape index (κ1) is 24.0. The highest BCUT2D eigenvalue weighted by atomic mass is 16.6. The molecule has 2 aliphatic heterocycles. The molecule has 2 fully saturated rings. The molecule has 9 heteroatoms. The fraction of sp³-hybridized carbons (Fsp3) is 0.444. The molecule has 1 aromatic rings. The second-order valence-electron chi connectivity index (χ2n) is 10.7. The number of nitrogens with one attached hydrogen (secondary N) is 1. The van der Waals surface area contributed by atoms with Crippen LogP contribution in [0.15, 0.2) is 54.6 Å². The largest absolute Gasteiger partial charge is 0.444 e. The average Bonchev–Trinajstić information content (AvgIpc) is 3.34. The molecule has 3 aliphatic carbocycles. The molecule has 1 N–H and O–H groups in total. The Hall–Kier alpha value is -3.75. The molecule has 1 aromatic carbocycles. The van der Waals surface area contributed by atoms with Crippen LogP contribution in [0.25, 0.3) is 0 Å². The molecular formula is C27H29N3O6. The number of benzene rings is 1. The summed E-state index contributed by atoms with van der Waals surface area (Å²) in [6, 6.07) is 7.77. The summed E-state index contributed by atoms with van der Waals surface area (Å²) in [5, 5.41) is 2.95. The molecule has 0 spiro atoms. The summed E-state index contributed by atoms with van der Waals surface area (Å²) in [5.74, 6) is -4.38. The van der Waals surface area contributed by atoms with Gasteiger partial charge in [-0.25, -0.2) is 9.69 Å². The summed E-state index contributed by atoms with van der Waals surface area (Å²) in [4.78, 5) is 68.9. The van der Waals surface area contributed by atoms with Gasteiger partial charge in [0.1, 0.15) is 11.6 Å². The van der Waals surface area contributed by atoms with Crippen molar-refractivity contribution in [3.05, 3.63) is 54.6 Å². The van der Waals surface area contributed by atoms with Gasteiger partial charge in [-0.1, -0.05) is 36.4 Å². The number of ketones is 1. The number of hydrogen-bond donors (Lipinski definition) is 1. The monoisotopic (exact) mass is 491 g/mol. The summed E-state index contributed by atoms with van der Waals surface area (Å²) in [7, 11) is 0. The van der Waals surface area contributed by atoms with Gasteiger partial charge in [0, 0.05) is 6.54 Å². The summed E-state index contributed by atoms with van der Waals surface area (Å²) in [5.41, 5.74) is -1.66. The topological polar surface area (TPSA) is 113 Å². The Bertz CT molecular complexity index is 1200. The number of anilines is 1. The molecule has 36 heavy (non-hydrogen) atoms. The smallest absolute Gasteiger partial charge is 0.410 e. The first-order chi connectivity index (χ1) is 17.0. The second-order valence-corrected chi connectivity index (χ2v) is 10.7. The Morgan fingerprint density at radius 2 is 1.78 bits per heavy atom. The number of carbonyl (C=O) groups is 5. The van der Waals surface area contributed by atoms with Crippen molar-refractivity contribution in [2.24, 2.45) is 17.8 Å². The molecule has 6 rings (SSSR count). The van der Waals surface area contributed by atoms with Gasteiger partial charge in [-0.05, 0) is 51.8 Å². The van der Waals surface area contributed by atoms with Gasteiger partial charge < -0.3 is 10.1 Å². The van der Waals surface area contributed by atoms with Crippen LogP contribution in [-0.4, -0.2) is 58.2 Å². The van der Waals surface area contributed by atoms with Crippen LogP contribution >= 0.6 is 0 Å². The van der Waals surface area contributed by atoms with Crippen molar-refractivity contribution in [1.82, 2.24) is 10.2 Å². The number of para-hydroxylation sites is 1. The Balaban J connectivity index is 1.47. The Morgan fingerprint density at radius 3 is 2.47 bits per heavy atom. The van der Waals surface area contributed by atoms with Gasteiger partial charge in [-0.3, -0.25) is 24.1 Å². The van der Waals surface area contributed by atoms with E-state index in [9.17, 15) is 24.0 Å². The van der Waals surface area contributed by atoms with Crippen molar-refractivity contribution < 1.29 is 28.7 Å². The Kier molecular flexibility index (Phi) is 5.61. The van der Waals surface area contributed by atoms with Crippen molar-refractivity contribution in [1.29, 1.82) is 0 Å². The molecule has 0 radical (unpaired) electrons. The van der Waals surface area contributed by atoms with Gasteiger partial charge in [-0.2, -0.15) is 0 Å². The highest BCUT2D eigenvalue weighted by molar-refractivity contribution is 6.24. The Morgan fingerprint density at radius 1 is 1.06 bits per heavy atom. The predicted molar refractivity (Wildman–Crippen MR) is 130 cm³/mol. The standard InChI is InChI=1S/C27H29N3O6/c1-26(2,3)36-25(35)29-15-7-10-18(29)22(32)28-27-13-11-17(19(31)12-14-27)20-21(27)24(34)30(23(20)33)16-8-5-4-6-9-16/h4-6,8-9,11-14,17-18,20-21H,7,10,15H2,1-3H3,(H,28,32)/t17-,18+,20-,21+,27-/m1/s1. The lowest BCUT2D eigenvalue weighted by Crippen LogP contribution is -2.60. The Labute approximate surface area is 209 Å². The fourth-order valence-corrected chi connectivity index (χ4v) is 5.67. The molecular weight excluding hydrogens is 462 g/mol. The molecule has 4 amide bonds. The maximum Gasteiger partial charge on any atom is 0.410 e.